The van der Waals surface area contributed by atoms with Crippen LogP contribution in [0.3, 0.4) is 0 Å². The molecule has 0 aliphatic heterocycles. The van der Waals surface area contributed by atoms with Gasteiger partial charge in [-0.2, -0.15) is 0 Å². The highest BCUT2D eigenvalue weighted by Gasteiger charge is 2.54. The Labute approximate surface area is 114 Å². The summed E-state index contributed by atoms with van der Waals surface area (Å²) in [6.07, 6.45) is 5.07. The van der Waals surface area contributed by atoms with Crippen LogP contribution in [0.2, 0.25) is 0 Å². The van der Waals surface area contributed by atoms with Crippen LogP contribution in [-0.2, 0) is 4.79 Å². The van der Waals surface area contributed by atoms with Gasteiger partial charge >= 0.3 is 0 Å². The third-order valence-electron chi connectivity index (χ3n) is 4.83. The van der Waals surface area contributed by atoms with Crippen molar-refractivity contribution >= 4 is 17.3 Å². The van der Waals surface area contributed by atoms with Crippen LogP contribution in [0, 0.1) is 31.6 Å². The Hall–Kier alpha value is -1.51. The van der Waals surface area contributed by atoms with Crippen molar-refractivity contribution in [1.29, 1.82) is 0 Å². The number of hydrogen-bond acceptors (Lipinski definition) is 2. The fourth-order valence-corrected chi connectivity index (χ4v) is 3.57. The molecule has 3 N–H and O–H groups in total. The second kappa shape index (κ2) is 4.55. The van der Waals surface area contributed by atoms with Crippen molar-refractivity contribution in [3.63, 3.8) is 0 Å². The van der Waals surface area contributed by atoms with E-state index in [9.17, 15) is 4.79 Å². The van der Waals surface area contributed by atoms with E-state index in [1.165, 1.54) is 25.7 Å². The molecule has 2 fully saturated rings. The molecule has 0 bridgehead atoms. The fourth-order valence-electron chi connectivity index (χ4n) is 3.57. The first-order valence-electron chi connectivity index (χ1n) is 7.25. The number of benzene rings is 1. The Morgan fingerprint density at radius 1 is 1.16 bits per heavy atom. The number of carbonyl (C=O) groups excluding carboxylic acids is 1. The van der Waals surface area contributed by atoms with E-state index in [0.29, 0.717) is 11.8 Å². The van der Waals surface area contributed by atoms with Crippen molar-refractivity contribution in [2.75, 3.05) is 11.1 Å². The van der Waals surface area contributed by atoms with Gasteiger partial charge in [-0.25, -0.2) is 0 Å². The molecule has 2 atom stereocenters. The smallest absolute Gasteiger partial charge is 0.228 e. The highest BCUT2D eigenvalue weighted by atomic mass is 16.2. The quantitative estimate of drug-likeness (QED) is 0.800. The second-order valence-electron chi connectivity index (χ2n) is 6.15. The zero-order valence-electron chi connectivity index (χ0n) is 11.7. The molecular formula is C16H22N2O. The monoisotopic (exact) mass is 258 g/mol. The van der Waals surface area contributed by atoms with E-state index in [2.05, 4.69) is 5.32 Å². The minimum atomic E-state index is 0.212. The van der Waals surface area contributed by atoms with Gasteiger partial charge in [0.1, 0.15) is 0 Å². The normalized spacial score (nSPS) is 28.6. The van der Waals surface area contributed by atoms with Crippen molar-refractivity contribution in [2.24, 2.45) is 17.8 Å². The average Bonchev–Trinajstić information content (AvgIpc) is 3.10. The van der Waals surface area contributed by atoms with Gasteiger partial charge < -0.3 is 11.1 Å². The first kappa shape index (κ1) is 12.5. The number of fused-ring (bicyclic) bond motifs is 1. The van der Waals surface area contributed by atoms with Gasteiger partial charge in [0.15, 0.2) is 0 Å². The highest BCUT2D eigenvalue weighted by Crippen LogP contribution is 2.55. The van der Waals surface area contributed by atoms with E-state index in [1.807, 2.05) is 26.0 Å². The fraction of sp³-hybridized carbons (Fsp3) is 0.562. The molecule has 0 aromatic heterocycles. The molecule has 1 aromatic rings. The van der Waals surface area contributed by atoms with Gasteiger partial charge in [0.2, 0.25) is 5.91 Å². The summed E-state index contributed by atoms with van der Waals surface area (Å²) in [6.45, 7) is 3.96. The second-order valence-corrected chi connectivity index (χ2v) is 6.15. The Morgan fingerprint density at radius 3 is 2.42 bits per heavy atom. The summed E-state index contributed by atoms with van der Waals surface area (Å²) in [4.78, 5) is 12.3. The minimum absolute atomic E-state index is 0.212. The molecule has 2 saturated carbocycles. The maximum atomic E-state index is 12.3. The van der Waals surface area contributed by atoms with Crippen molar-refractivity contribution in [2.45, 2.75) is 39.5 Å². The van der Waals surface area contributed by atoms with E-state index >= 15 is 0 Å². The summed E-state index contributed by atoms with van der Waals surface area (Å²) in [5.74, 6) is 1.79. The lowest BCUT2D eigenvalue weighted by Crippen LogP contribution is -2.16. The third kappa shape index (κ3) is 2.22. The predicted molar refractivity (Wildman–Crippen MR) is 77.9 cm³/mol. The molecule has 1 amide bonds. The zero-order chi connectivity index (χ0) is 13.6. The van der Waals surface area contributed by atoms with Crippen molar-refractivity contribution in [3.8, 4) is 0 Å². The largest absolute Gasteiger partial charge is 0.399 e. The lowest BCUT2D eigenvalue weighted by Gasteiger charge is -2.11. The van der Waals surface area contributed by atoms with Crippen molar-refractivity contribution in [3.05, 3.63) is 23.3 Å². The van der Waals surface area contributed by atoms with Crippen molar-refractivity contribution in [1.82, 2.24) is 0 Å². The molecule has 3 rings (SSSR count). The van der Waals surface area contributed by atoms with E-state index < -0.39 is 0 Å². The van der Waals surface area contributed by atoms with Crippen LogP contribution >= 0.6 is 0 Å². The number of anilines is 2. The molecular weight excluding hydrogens is 236 g/mol. The van der Waals surface area contributed by atoms with Crippen molar-refractivity contribution < 1.29 is 4.79 Å². The summed E-state index contributed by atoms with van der Waals surface area (Å²) < 4.78 is 0. The maximum Gasteiger partial charge on any atom is 0.228 e. The van der Waals surface area contributed by atoms with Crippen LogP contribution in [0.15, 0.2) is 12.1 Å². The van der Waals surface area contributed by atoms with Gasteiger partial charge in [-0.3, -0.25) is 4.79 Å². The van der Waals surface area contributed by atoms with Gasteiger partial charge in [-0.1, -0.05) is 12.8 Å². The molecule has 2 aliphatic rings. The number of aryl methyl sites for hydroxylation is 2. The first-order chi connectivity index (χ1) is 9.08. The Kier molecular flexibility index (Phi) is 3.00. The number of nitrogens with two attached hydrogens (primary N) is 1. The van der Waals surface area contributed by atoms with Crippen LogP contribution in [0.5, 0.6) is 0 Å². The Balaban J connectivity index is 1.72. The van der Waals surface area contributed by atoms with E-state index in [4.69, 9.17) is 5.73 Å². The SMILES string of the molecule is Cc1cc(NC(=O)C2C3CCCCC32)c(C)cc1N. The van der Waals surface area contributed by atoms with Gasteiger partial charge in [0.05, 0.1) is 0 Å². The van der Waals surface area contributed by atoms with Gasteiger partial charge in [-0.05, 0) is 61.8 Å². The summed E-state index contributed by atoms with van der Waals surface area (Å²) in [5.41, 5.74) is 9.64. The molecule has 2 aliphatic carbocycles. The molecule has 3 heteroatoms. The molecule has 0 spiro atoms. The zero-order valence-corrected chi connectivity index (χ0v) is 11.7. The number of rotatable bonds is 2. The molecule has 1 aromatic carbocycles. The van der Waals surface area contributed by atoms with Crippen LogP contribution in [0.25, 0.3) is 0 Å². The molecule has 19 heavy (non-hydrogen) atoms. The van der Waals surface area contributed by atoms with Crippen LogP contribution in [0.4, 0.5) is 11.4 Å². The van der Waals surface area contributed by atoms with Gasteiger partial charge in [0.25, 0.3) is 0 Å². The highest BCUT2D eigenvalue weighted by molar-refractivity contribution is 5.95. The van der Waals surface area contributed by atoms with E-state index in [-0.39, 0.29) is 11.8 Å². The first-order valence-corrected chi connectivity index (χ1v) is 7.25. The predicted octanol–water partition coefficient (Wildman–Crippen LogP) is 3.26. The molecule has 102 valence electrons. The van der Waals surface area contributed by atoms with Crippen LogP contribution < -0.4 is 11.1 Å². The molecule has 2 unspecified atom stereocenters. The summed E-state index contributed by atoms with van der Waals surface area (Å²) in [5, 5.41) is 3.10. The van der Waals surface area contributed by atoms with Crippen LogP contribution in [-0.4, -0.2) is 5.91 Å². The molecule has 0 radical (unpaired) electrons. The van der Waals surface area contributed by atoms with Gasteiger partial charge in [0, 0.05) is 17.3 Å². The lowest BCUT2D eigenvalue weighted by molar-refractivity contribution is -0.117. The molecule has 3 nitrogen and oxygen atoms in total. The Bertz CT molecular complexity index is 512. The number of hydrogen-bond donors (Lipinski definition) is 2. The number of nitrogens with one attached hydrogen (secondary N) is 1. The van der Waals surface area contributed by atoms with E-state index in [1.54, 1.807) is 0 Å². The lowest BCUT2D eigenvalue weighted by atomic mass is 10.0. The number of carbonyl (C=O) groups is 1. The topological polar surface area (TPSA) is 55.1 Å². The van der Waals surface area contributed by atoms with E-state index in [0.717, 1.165) is 22.5 Å². The summed E-state index contributed by atoms with van der Waals surface area (Å²) >= 11 is 0. The van der Waals surface area contributed by atoms with Gasteiger partial charge in [-0.15, -0.1) is 0 Å². The third-order valence-corrected chi connectivity index (χ3v) is 4.83. The standard InChI is InChI=1S/C16H22N2O/c1-9-8-14(10(2)7-13(9)17)18-16(19)15-11-5-3-4-6-12(11)15/h7-8,11-12,15H,3-6,17H2,1-2H3,(H,18,19). The Morgan fingerprint density at radius 2 is 1.79 bits per heavy atom. The molecule has 0 saturated heterocycles. The average molecular weight is 258 g/mol. The maximum absolute atomic E-state index is 12.3. The number of amides is 1. The molecule has 0 heterocycles. The summed E-state index contributed by atoms with van der Waals surface area (Å²) in [6, 6.07) is 3.92. The summed E-state index contributed by atoms with van der Waals surface area (Å²) in [7, 11) is 0. The number of nitrogen functional groups attached to an aromatic ring is 1. The minimum Gasteiger partial charge on any atom is -0.399 e. The van der Waals surface area contributed by atoms with Crippen LogP contribution in [0.1, 0.15) is 36.8 Å².